The molecule has 0 spiro atoms. The van der Waals surface area contributed by atoms with E-state index in [4.69, 9.17) is 0 Å². The van der Waals surface area contributed by atoms with Crippen LogP contribution in [0.2, 0.25) is 0 Å². The summed E-state index contributed by atoms with van der Waals surface area (Å²) in [5.74, 6) is 0. The Bertz CT molecular complexity index is 774. The number of para-hydroxylation sites is 1. The molecule has 0 radical (unpaired) electrons. The number of thiophene rings is 1. The lowest BCUT2D eigenvalue weighted by atomic mass is 10.1. The predicted molar refractivity (Wildman–Crippen MR) is 92.2 cm³/mol. The molecular formula is C16H17N3OS2. The largest absolute Gasteiger partial charge is 0.380 e. The summed E-state index contributed by atoms with van der Waals surface area (Å²) in [7, 11) is 0. The van der Waals surface area contributed by atoms with Crippen LogP contribution < -0.4 is 5.32 Å². The average Bonchev–Trinajstić information content (AvgIpc) is 3.11. The Morgan fingerprint density at radius 2 is 1.77 bits per heavy atom. The number of aromatic nitrogens is 2. The van der Waals surface area contributed by atoms with Crippen LogP contribution in [0.25, 0.3) is 0 Å². The van der Waals surface area contributed by atoms with Crippen LogP contribution >= 0.6 is 22.7 Å². The molecule has 2 heterocycles. The van der Waals surface area contributed by atoms with Crippen molar-refractivity contribution < 1.29 is 5.11 Å². The van der Waals surface area contributed by atoms with Crippen molar-refractivity contribution >= 4 is 33.5 Å². The molecule has 2 N–H and O–H groups in total. The van der Waals surface area contributed by atoms with E-state index in [0.29, 0.717) is 10.1 Å². The predicted octanol–water partition coefficient (Wildman–Crippen LogP) is 4.35. The first-order chi connectivity index (χ1) is 10.6. The van der Waals surface area contributed by atoms with Crippen LogP contribution in [0.3, 0.4) is 0 Å². The summed E-state index contributed by atoms with van der Waals surface area (Å²) < 4.78 is 0. The van der Waals surface area contributed by atoms with Crippen LogP contribution in [0.1, 0.15) is 32.7 Å². The number of aryl methyl sites for hydroxylation is 3. The van der Waals surface area contributed by atoms with E-state index in [0.717, 1.165) is 27.3 Å². The Hall–Kier alpha value is -1.76. The van der Waals surface area contributed by atoms with Gasteiger partial charge in [0, 0.05) is 10.6 Å². The van der Waals surface area contributed by atoms with Gasteiger partial charge in [-0.05, 0) is 48.9 Å². The van der Waals surface area contributed by atoms with Gasteiger partial charge in [-0.15, -0.1) is 21.5 Å². The zero-order chi connectivity index (χ0) is 15.7. The van der Waals surface area contributed by atoms with Crippen LogP contribution in [0, 0.1) is 20.8 Å². The first-order valence-corrected chi connectivity index (χ1v) is 8.64. The fourth-order valence-corrected chi connectivity index (χ4v) is 4.02. The van der Waals surface area contributed by atoms with Gasteiger partial charge in [-0.2, -0.15) is 0 Å². The summed E-state index contributed by atoms with van der Waals surface area (Å²) in [6.07, 6.45) is -0.703. The van der Waals surface area contributed by atoms with Gasteiger partial charge in [-0.3, -0.25) is 0 Å². The van der Waals surface area contributed by atoms with E-state index in [9.17, 15) is 5.11 Å². The van der Waals surface area contributed by atoms with Crippen molar-refractivity contribution in [1.29, 1.82) is 0 Å². The third-order valence-electron chi connectivity index (χ3n) is 3.54. The van der Waals surface area contributed by atoms with Gasteiger partial charge < -0.3 is 10.4 Å². The summed E-state index contributed by atoms with van der Waals surface area (Å²) in [4.78, 5) is 0.926. The number of aliphatic hydroxyl groups is 1. The molecule has 2 aromatic heterocycles. The maximum atomic E-state index is 10.4. The van der Waals surface area contributed by atoms with Crippen molar-refractivity contribution in [2.75, 3.05) is 5.32 Å². The first-order valence-electron chi connectivity index (χ1n) is 6.95. The minimum absolute atomic E-state index is 0.610. The topological polar surface area (TPSA) is 58.0 Å². The van der Waals surface area contributed by atoms with Crippen molar-refractivity contribution in [2.45, 2.75) is 26.9 Å². The maximum Gasteiger partial charge on any atom is 0.210 e. The van der Waals surface area contributed by atoms with Crippen LogP contribution in [-0.2, 0) is 0 Å². The van der Waals surface area contributed by atoms with Crippen molar-refractivity contribution in [3.8, 4) is 0 Å². The molecule has 0 amide bonds. The lowest BCUT2D eigenvalue weighted by Crippen LogP contribution is -1.97. The lowest BCUT2D eigenvalue weighted by molar-refractivity contribution is 0.222. The quantitative estimate of drug-likeness (QED) is 0.746. The van der Waals surface area contributed by atoms with Crippen molar-refractivity contribution in [1.82, 2.24) is 10.2 Å². The Labute approximate surface area is 137 Å². The van der Waals surface area contributed by atoms with E-state index in [1.807, 2.05) is 24.4 Å². The maximum absolute atomic E-state index is 10.4. The van der Waals surface area contributed by atoms with Crippen molar-refractivity contribution in [3.63, 3.8) is 0 Å². The minimum atomic E-state index is -0.703. The highest BCUT2D eigenvalue weighted by molar-refractivity contribution is 7.15. The molecule has 4 nitrogen and oxygen atoms in total. The van der Waals surface area contributed by atoms with Crippen LogP contribution in [0.15, 0.2) is 29.6 Å². The second-order valence-corrected chi connectivity index (χ2v) is 7.16. The molecule has 1 unspecified atom stereocenters. The van der Waals surface area contributed by atoms with E-state index in [1.165, 1.54) is 22.7 Å². The molecular weight excluding hydrogens is 314 g/mol. The van der Waals surface area contributed by atoms with Crippen LogP contribution in [-0.4, -0.2) is 15.3 Å². The van der Waals surface area contributed by atoms with Gasteiger partial charge in [0.25, 0.3) is 0 Å². The number of hydrogen-bond donors (Lipinski definition) is 2. The normalized spacial score (nSPS) is 12.4. The lowest BCUT2D eigenvalue weighted by Gasteiger charge is -2.09. The number of aliphatic hydroxyl groups excluding tert-OH is 1. The highest BCUT2D eigenvalue weighted by Gasteiger charge is 2.19. The summed E-state index contributed by atoms with van der Waals surface area (Å²) in [5.41, 5.74) is 4.45. The molecule has 3 rings (SSSR count). The molecule has 6 heteroatoms. The smallest absolute Gasteiger partial charge is 0.210 e. The average molecular weight is 331 g/mol. The van der Waals surface area contributed by atoms with Gasteiger partial charge >= 0.3 is 0 Å². The Morgan fingerprint density at radius 3 is 2.41 bits per heavy atom. The molecule has 0 aliphatic carbocycles. The van der Waals surface area contributed by atoms with E-state index >= 15 is 0 Å². The highest BCUT2D eigenvalue weighted by Crippen LogP contribution is 2.33. The fraction of sp³-hybridized carbons (Fsp3) is 0.250. The highest BCUT2D eigenvalue weighted by atomic mass is 32.1. The Kier molecular flexibility index (Phi) is 4.24. The third-order valence-corrected chi connectivity index (χ3v) is 5.50. The van der Waals surface area contributed by atoms with Crippen molar-refractivity contribution in [3.05, 3.63) is 56.2 Å². The molecule has 1 atom stereocenters. The van der Waals surface area contributed by atoms with Gasteiger partial charge in [0.05, 0.1) is 0 Å². The van der Waals surface area contributed by atoms with Gasteiger partial charge in [0.15, 0.2) is 5.01 Å². The number of hydrogen-bond acceptors (Lipinski definition) is 6. The molecule has 0 aliphatic rings. The monoisotopic (exact) mass is 331 g/mol. The second kappa shape index (κ2) is 6.16. The van der Waals surface area contributed by atoms with Gasteiger partial charge in [0.1, 0.15) is 6.10 Å². The third kappa shape index (κ3) is 2.90. The molecule has 0 saturated heterocycles. The summed E-state index contributed by atoms with van der Waals surface area (Å²) >= 11 is 2.92. The Morgan fingerprint density at radius 1 is 1.05 bits per heavy atom. The number of nitrogens with zero attached hydrogens (tertiary/aromatic N) is 2. The number of rotatable bonds is 4. The molecule has 22 heavy (non-hydrogen) atoms. The molecule has 114 valence electrons. The number of nitrogens with one attached hydrogen (secondary N) is 1. The summed E-state index contributed by atoms with van der Waals surface area (Å²) in [5, 5.41) is 25.3. The Balaban J connectivity index is 1.84. The van der Waals surface area contributed by atoms with Crippen LogP contribution in [0.5, 0.6) is 0 Å². The molecule has 1 aromatic carbocycles. The van der Waals surface area contributed by atoms with Gasteiger partial charge in [-0.25, -0.2) is 0 Å². The number of benzene rings is 1. The zero-order valence-electron chi connectivity index (χ0n) is 12.6. The molecule has 0 fully saturated rings. The van der Waals surface area contributed by atoms with Gasteiger partial charge in [0.2, 0.25) is 5.13 Å². The van der Waals surface area contributed by atoms with E-state index in [-0.39, 0.29) is 0 Å². The van der Waals surface area contributed by atoms with Crippen LogP contribution in [0.4, 0.5) is 10.8 Å². The van der Waals surface area contributed by atoms with Crippen molar-refractivity contribution in [2.24, 2.45) is 0 Å². The standard InChI is InChI=1S/C16H17N3OS2/c1-9-5-4-6-10(2)12(9)17-16-19-18-15(22-16)13(20)14-11(3)7-8-21-14/h4-8,13,20H,1-3H3,(H,17,19). The SMILES string of the molecule is Cc1ccsc1C(O)c1nnc(Nc2c(C)cccc2C)s1. The molecule has 0 aliphatic heterocycles. The first kappa shape index (κ1) is 15.1. The van der Waals surface area contributed by atoms with E-state index in [2.05, 4.69) is 41.5 Å². The number of anilines is 2. The zero-order valence-corrected chi connectivity index (χ0v) is 14.3. The second-order valence-electron chi connectivity index (χ2n) is 5.21. The fourth-order valence-electron chi connectivity index (χ4n) is 2.29. The summed E-state index contributed by atoms with van der Waals surface area (Å²) in [6.45, 7) is 6.11. The molecule has 0 bridgehead atoms. The summed E-state index contributed by atoms with van der Waals surface area (Å²) in [6, 6.07) is 8.15. The molecule has 0 saturated carbocycles. The van der Waals surface area contributed by atoms with E-state index < -0.39 is 6.10 Å². The minimum Gasteiger partial charge on any atom is -0.380 e. The van der Waals surface area contributed by atoms with Gasteiger partial charge in [-0.1, -0.05) is 29.5 Å². The molecule has 3 aromatic rings. The van der Waals surface area contributed by atoms with E-state index in [1.54, 1.807) is 0 Å².